The number of nitriles is 1. The van der Waals surface area contributed by atoms with Crippen LogP contribution in [0, 0.1) is 11.3 Å². The number of alkyl halides is 3. The molecule has 0 saturated heterocycles. The molecule has 0 heterocycles. The maximum absolute atomic E-state index is 12.9. The van der Waals surface area contributed by atoms with Gasteiger partial charge in [0, 0.05) is 5.56 Å². The number of rotatable bonds is 1. The van der Waals surface area contributed by atoms with Gasteiger partial charge in [0.2, 0.25) is 0 Å². The number of aliphatic hydroxyl groups is 1. The molecule has 0 radical (unpaired) electrons. The summed E-state index contributed by atoms with van der Waals surface area (Å²) in [7, 11) is 0. The van der Waals surface area contributed by atoms with Crippen LogP contribution in [0.2, 0.25) is 0 Å². The zero-order chi connectivity index (χ0) is 14.3. The molecule has 19 heavy (non-hydrogen) atoms. The van der Waals surface area contributed by atoms with Gasteiger partial charge in [0.15, 0.2) is 5.60 Å². The predicted octanol–water partition coefficient (Wildman–Crippen LogP) is 3.48. The zero-order valence-corrected chi connectivity index (χ0v) is 9.99. The summed E-state index contributed by atoms with van der Waals surface area (Å²) in [4.78, 5) is 0. The molecule has 0 aliphatic rings. The highest BCUT2D eigenvalue weighted by Crippen LogP contribution is 2.41. The van der Waals surface area contributed by atoms with E-state index in [-0.39, 0.29) is 10.9 Å². The van der Waals surface area contributed by atoms with Crippen LogP contribution in [0.1, 0.15) is 18.1 Å². The molecule has 0 aliphatic carbocycles. The number of fused-ring (bicyclic) bond motifs is 1. The van der Waals surface area contributed by atoms with Crippen molar-refractivity contribution in [1.29, 1.82) is 5.26 Å². The first kappa shape index (κ1) is 13.4. The molecule has 0 spiro atoms. The fraction of sp³-hybridized carbons (Fsp3) is 0.214. The average Bonchev–Trinajstić information content (AvgIpc) is 2.35. The lowest BCUT2D eigenvalue weighted by molar-refractivity contribution is -0.258. The Kier molecular flexibility index (Phi) is 2.99. The normalized spacial score (nSPS) is 14.9. The van der Waals surface area contributed by atoms with E-state index in [9.17, 15) is 18.3 Å². The lowest BCUT2D eigenvalue weighted by Crippen LogP contribution is -2.39. The minimum Gasteiger partial charge on any atom is -0.376 e. The van der Waals surface area contributed by atoms with Crippen LogP contribution in [-0.2, 0) is 5.60 Å². The molecule has 5 heteroatoms. The number of hydrogen-bond acceptors (Lipinski definition) is 2. The maximum atomic E-state index is 12.9. The summed E-state index contributed by atoms with van der Waals surface area (Å²) in [6.45, 7) is 0.722. The third-order valence-electron chi connectivity index (χ3n) is 3.09. The van der Waals surface area contributed by atoms with Crippen LogP contribution >= 0.6 is 0 Å². The van der Waals surface area contributed by atoms with Crippen molar-refractivity contribution in [1.82, 2.24) is 0 Å². The van der Waals surface area contributed by atoms with Gasteiger partial charge in [0.25, 0.3) is 0 Å². The third-order valence-corrected chi connectivity index (χ3v) is 3.09. The van der Waals surface area contributed by atoms with Gasteiger partial charge in [0.1, 0.15) is 0 Å². The molecule has 0 fully saturated rings. The molecule has 1 unspecified atom stereocenters. The van der Waals surface area contributed by atoms with Crippen LogP contribution in [0.3, 0.4) is 0 Å². The molecule has 1 N–H and O–H groups in total. The van der Waals surface area contributed by atoms with Crippen molar-refractivity contribution in [2.24, 2.45) is 0 Å². The van der Waals surface area contributed by atoms with Crippen molar-refractivity contribution in [3.8, 4) is 6.07 Å². The fourth-order valence-electron chi connectivity index (χ4n) is 1.93. The minimum atomic E-state index is -4.77. The largest absolute Gasteiger partial charge is 0.421 e. The average molecular weight is 265 g/mol. The van der Waals surface area contributed by atoms with Gasteiger partial charge in [-0.05, 0) is 29.8 Å². The van der Waals surface area contributed by atoms with E-state index in [2.05, 4.69) is 0 Å². The molecule has 2 aromatic rings. The molecule has 1 atom stereocenters. The van der Waals surface area contributed by atoms with Gasteiger partial charge in [-0.3, -0.25) is 0 Å². The Hall–Kier alpha value is -2.06. The second-order valence-corrected chi connectivity index (χ2v) is 4.42. The van der Waals surface area contributed by atoms with Gasteiger partial charge in [-0.1, -0.05) is 24.3 Å². The highest BCUT2D eigenvalue weighted by Gasteiger charge is 2.51. The summed E-state index contributed by atoms with van der Waals surface area (Å²) in [5, 5.41) is 19.3. The van der Waals surface area contributed by atoms with E-state index in [1.165, 1.54) is 30.3 Å². The van der Waals surface area contributed by atoms with Crippen LogP contribution < -0.4 is 0 Å². The molecule has 2 aromatic carbocycles. The summed E-state index contributed by atoms with van der Waals surface area (Å²) in [5.74, 6) is 0. The Morgan fingerprint density at radius 2 is 1.84 bits per heavy atom. The van der Waals surface area contributed by atoms with Crippen molar-refractivity contribution in [2.75, 3.05) is 0 Å². The lowest BCUT2D eigenvalue weighted by atomic mass is 9.90. The Bertz CT molecular complexity index is 668. The summed E-state index contributed by atoms with van der Waals surface area (Å²) < 4.78 is 38.7. The first-order valence-electron chi connectivity index (χ1n) is 5.50. The van der Waals surface area contributed by atoms with E-state index >= 15 is 0 Å². The standard InChI is InChI=1S/C14H10F3NO/c1-13(19,14(15,16)17)12-4-2-3-10-7-9(8-18)5-6-11(10)12/h2-7,19H,1H3. The quantitative estimate of drug-likeness (QED) is 0.857. The topological polar surface area (TPSA) is 44.0 Å². The number of benzene rings is 2. The Labute approximate surface area is 107 Å². The summed E-state index contributed by atoms with van der Waals surface area (Å²) in [6, 6.07) is 10.5. The molecule has 0 aliphatic heterocycles. The van der Waals surface area contributed by atoms with Crippen LogP contribution in [0.25, 0.3) is 10.8 Å². The molecule has 0 saturated carbocycles. The molecule has 0 bridgehead atoms. The molecule has 0 amide bonds. The third kappa shape index (κ3) is 2.15. The van der Waals surface area contributed by atoms with E-state index < -0.39 is 11.8 Å². The molecule has 2 nitrogen and oxygen atoms in total. The maximum Gasteiger partial charge on any atom is 0.421 e. The van der Waals surface area contributed by atoms with Crippen molar-refractivity contribution < 1.29 is 18.3 Å². The second kappa shape index (κ2) is 4.25. The predicted molar refractivity (Wildman–Crippen MR) is 64.3 cm³/mol. The summed E-state index contributed by atoms with van der Waals surface area (Å²) in [5.41, 5.74) is -2.79. The molecule has 2 rings (SSSR count). The molecular formula is C14H10F3NO. The van der Waals surface area contributed by atoms with Crippen LogP contribution in [0.4, 0.5) is 13.2 Å². The smallest absolute Gasteiger partial charge is 0.376 e. The number of halogens is 3. The lowest BCUT2D eigenvalue weighted by Gasteiger charge is -2.27. The zero-order valence-electron chi connectivity index (χ0n) is 9.99. The summed E-state index contributed by atoms with van der Waals surface area (Å²) in [6.07, 6.45) is -4.77. The monoisotopic (exact) mass is 265 g/mol. The first-order chi connectivity index (χ1) is 8.77. The van der Waals surface area contributed by atoms with E-state index in [1.54, 1.807) is 6.07 Å². The van der Waals surface area contributed by atoms with Crippen molar-refractivity contribution in [2.45, 2.75) is 18.7 Å². The number of nitrogens with zero attached hydrogens (tertiary/aromatic N) is 1. The van der Waals surface area contributed by atoms with Crippen molar-refractivity contribution in [3.63, 3.8) is 0 Å². The molecule has 0 aromatic heterocycles. The van der Waals surface area contributed by atoms with Gasteiger partial charge < -0.3 is 5.11 Å². The Morgan fingerprint density at radius 3 is 2.42 bits per heavy atom. The van der Waals surface area contributed by atoms with Crippen molar-refractivity contribution >= 4 is 10.8 Å². The SMILES string of the molecule is CC(O)(c1cccc2cc(C#N)ccc12)C(F)(F)F. The van der Waals surface area contributed by atoms with Gasteiger partial charge in [-0.25, -0.2) is 0 Å². The Morgan fingerprint density at radius 1 is 1.16 bits per heavy atom. The second-order valence-electron chi connectivity index (χ2n) is 4.42. The van der Waals surface area contributed by atoms with Crippen LogP contribution in [-0.4, -0.2) is 11.3 Å². The fourth-order valence-corrected chi connectivity index (χ4v) is 1.93. The van der Waals surface area contributed by atoms with E-state index in [0.717, 1.165) is 6.92 Å². The van der Waals surface area contributed by atoms with E-state index in [1.807, 2.05) is 6.07 Å². The van der Waals surface area contributed by atoms with Crippen LogP contribution in [0.15, 0.2) is 36.4 Å². The Balaban J connectivity index is 2.73. The van der Waals surface area contributed by atoms with Gasteiger partial charge in [-0.2, -0.15) is 18.4 Å². The first-order valence-corrected chi connectivity index (χ1v) is 5.50. The van der Waals surface area contributed by atoms with Gasteiger partial charge in [0.05, 0.1) is 11.6 Å². The van der Waals surface area contributed by atoms with Crippen LogP contribution in [0.5, 0.6) is 0 Å². The van der Waals surface area contributed by atoms with Gasteiger partial charge in [-0.15, -0.1) is 0 Å². The summed E-state index contributed by atoms with van der Waals surface area (Å²) >= 11 is 0. The minimum absolute atomic E-state index is 0.220. The van der Waals surface area contributed by atoms with Gasteiger partial charge >= 0.3 is 6.18 Å². The number of hydrogen-bond donors (Lipinski definition) is 1. The highest BCUT2D eigenvalue weighted by atomic mass is 19.4. The molecular weight excluding hydrogens is 255 g/mol. The highest BCUT2D eigenvalue weighted by molar-refractivity contribution is 5.87. The van der Waals surface area contributed by atoms with E-state index in [4.69, 9.17) is 5.26 Å². The molecule has 98 valence electrons. The van der Waals surface area contributed by atoms with Crippen molar-refractivity contribution in [3.05, 3.63) is 47.5 Å². The van der Waals surface area contributed by atoms with E-state index in [0.29, 0.717) is 10.9 Å².